The summed E-state index contributed by atoms with van der Waals surface area (Å²) in [4.78, 5) is 3.32. The molecule has 0 amide bonds. The fourth-order valence-corrected chi connectivity index (χ4v) is 4.03. The quantitative estimate of drug-likeness (QED) is 0.271. The average Bonchev–Trinajstić information content (AvgIpc) is 2.99. The highest BCUT2D eigenvalue weighted by Crippen LogP contribution is 2.54. The van der Waals surface area contributed by atoms with Crippen molar-refractivity contribution in [3.05, 3.63) is 30.2 Å². The van der Waals surface area contributed by atoms with Crippen LogP contribution in [0.15, 0.2) is 42.9 Å². The van der Waals surface area contributed by atoms with E-state index >= 15 is 0 Å². The Morgan fingerprint density at radius 1 is 0.800 bits per heavy atom. The molecule has 0 aliphatic carbocycles. The fourth-order valence-electron chi connectivity index (χ4n) is 2.72. The zero-order valence-corrected chi connectivity index (χ0v) is 14.2. The Labute approximate surface area is 143 Å². The van der Waals surface area contributed by atoms with Crippen LogP contribution in [-0.4, -0.2) is 32.3 Å². The molecule has 0 atom stereocenters. The van der Waals surface area contributed by atoms with Crippen molar-refractivity contribution in [1.29, 1.82) is 0 Å². The molecule has 0 fully saturated rings. The first-order chi connectivity index (χ1) is 11.5. The van der Waals surface area contributed by atoms with Crippen LogP contribution >= 0.6 is 21.7 Å². The molecular weight excluding hydrogens is 374 g/mol. The first-order valence-corrected chi connectivity index (χ1v) is 9.83. The van der Waals surface area contributed by atoms with E-state index in [9.17, 15) is 27.3 Å². The maximum absolute atomic E-state index is 9.66. The summed E-state index contributed by atoms with van der Waals surface area (Å²) in [5.74, 6) is 0.447. The van der Waals surface area contributed by atoms with E-state index in [0.717, 1.165) is 6.07 Å². The number of hydrogen-bond acceptors (Lipinski definition) is 9. The zero-order chi connectivity index (χ0) is 18.1. The third kappa shape index (κ3) is 2.67. The van der Waals surface area contributed by atoms with Gasteiger partial charge in [-0.2, -0.15) is 0 Å². The number of nitrogens with zero attached hydrogens (tertiary/aromatic N) is 1. The number of fused-ring (bicyclic) bond motifs is 4. The van der Waals surface area contributed by atoms with Gasteiger partial charge in [0.1, 0.15) is 37.7 Å². The third-order valence-electron chi connectivity index (χ3n) is 3.74. The summed E-state index contributed by atoms with van der Waals surface area (Å²) in [6.07, 6.45) is 0. The van der Waals surface area contributed by atoms with Crippen molar-refractivity contribution in [3.8, 4) is 0 Å². The van der Waals surface area contributed by atoms with Crippen LogP contribution in [-0.2, 0) is 0 Å². The lowest BCUT2D eigenvalue weighted by molar-refractivity contribution is 0.373. The lowest BCUT2D eigenvalue weighted by atomic mass is 10.1. The summed E-state index contributed by atoms with van der Waals surface area (Å²) in [5.41, 5.74) is 1.22. The number of rotatable bonds is 2. The predicted molar refractivity (Wildman–Crippen MR) is 93.5 cm³/mol. The number of hydrogen-bond donors (Lipinski definition) is 6. The molecule has 0 aliphatic heterocycles. The van der Waals surface area contributed by atoms with Gasteiger partial charge in [-0.05, 0) is 18.2 Å². The van der Waals surface area contributed by atoms with Crippen LogP contribution in [0.5, 0.6) is 0 Å². The number of aryl methyl sites for hydroxylation is 1. The Morgan fingerprint density at radius 2 is 1.52 bits per heavy atom. The standard InChI is InChI=1S/C14H13NO8S2/c1-6-15-10-5-11-8(4-12(10)22-6)9-2-7(24(16,17)18)3-13(14(9)23-11)25(19,20)21/h2-5,16-21H,1H3. The largest absolute Gasteiger partial charge is 0.455 e. The summed E-state index contributed by atoms with van der Waals surface area (Å²) in [6.45, 7) is 1.68. The van der Waals surface area contributed by atoms with E-state index in [1.807, 2.05) is 0 Å². The molecule has 4 rings (SSSR count). The number of aromatic nitrogens is 1. The Bertz CT molecular complexity index is 1140. The van der Waals surface area contributed by atoms with Crippen LogP contribution in [0.3, 0.4) is 0 Å². The molecule has 2 heterocycles. The van der Waals surface area contributed by atoms with Gasteiger partial charge in [-0.15, -0.1) is 0 Å². The van der Waals surface area contributed by atoms with Gasteiger partial charge < -0.3 is 36.2 Å². The van der Waals surface area contributed by atoms with Gasteiger partial charge in [0.2, 0.25) is 0 Å². The van der Waals surface area contributed by atoms with E-state index in [1.165, 1.54) is 6.07 Å². The first-order valence-electron chi connectivity index (χ1n) is 6.83. The molecule has 0 unspecified atom stereocenters. The summed E-state index contributed by atoms with van der Waals surface area (Å²) in [6, 6.07) is 5.28. The van der Waals surface area contributed by atoms with Crippen LogP contribution in [0.1, 0.15) is 5.89 Å². The zero-order valence-electron chi connectivity index (χ0n) is 12.6. The topological polar surface area (TPSA) is 161 Å². The summed E-state index contributed by atoms with van der Waals surface area (Å²) < 4.78 is 68.6. The van der Waals surface area contributed by atoms with Crippen LogP contribution in [0, 0.1) is 6.92 Å². The molecule has 4 aromatic rings. The van der Waals surface area contributed by atoms with Crippen molar-refractivity contribution in [3.63, 3.8) is 0 Å². The van der Waals surface area contributed by atoms with Gasteiger partial charge in [0.05, 0.1) is 4.90 Å². The van der Waals surface area contributed by atoms with Crippen molar-refractivity contribution in [2.24, 2.45) is 0 Å². The van der Waals surface area contributed by atoms with Crippen LogP contribution in [0.2, 0.25) is 0 Å². The summed E-state index contributed by atoms with van der Waals surface area (Å²) >= 11 is 0. The summed E-state index contributed by atoms with van der Waals surface area (Å²) in [7, 11) is -8.41. The Hall–Kier alpha value is -1.83. The van der Waals surface area contributed by atoms with Crippen molar-refractivity contribution < 1.29 is 36.2 Å². The van der Waals surface area contributed by atoms with E-state index in [-0.39, 0.29) is 15.9 Å². The third-order valence-corrected chi connectivity index (χ3v) is 5.50. The minimum Gasteiger partial charge on any atom is -0.455 e. The second kappa shape index (κ2) is 5.09. The predicted octanol–water partition coefficient (Wildman–Crippen LogP) is 5.20. The second-order valence-corrected chi connectivity index (χ2v) is 8.47. The highest BCUT2D eigenvalue weighted by Gasteiger charge is 2.28. The number of oxazole rings is 1. The van der Waals surface area contributed by atoms with Gasteiger partial charge in [-0.1, -0.05) is 0 Å². The molecule has 0 spiro atoms. The molecular formula is C14H13NO8S2. The van der Waals surface area contributed by atoms with Crippen molar-refractivity contribution in [1.82, 2.24) is 4.98 Å². The Balaban J connectivity index is 2.17. The maximum Gasteiger partial charge on any atom is 0.192 e. The first kappa shape index (κ1) is 16.6. The van der Waals surface area contributed by atoms with Crippen LogP contribution in [0.25, 0.3) is 33.0 Å². The lowest BCUT2D eigenvalue weighted by Crippen LogP contribution is -2.00. The van der Waals surface area contributed by atoms with Gasteiger partial charge in [-0.3, -0.25) is 0 Å². The molecule has 6 N–H and O–H groups in total. The monoisotopic (exact) mass is 387 g/mol. The van der Waals surface area contributed by atoms with Gasteiger partial charge in [-0.25, -0.2) is 4.98 Å². The minimum absolute atomic E-state index is 0.0609. The Morgan fingerprint density at radius 3 is 2.16 bits per heavy atom. The van der Waals surface area contributed by atoms with E-state index in [4.69, 9.17) is 8.83 Å². The van der Waals surface area contributed by atoms with E-state index < -0.39 is 26.6 Å². The van der Waals surface area contributed by atoms with Crippen molar-refractivity contribution in [2.75, 3.05) is 0 Å². The molecule has 2 aromatic heterocycles. The molecule has 9 nitrogen and oxygen atoms in total. The van der Waals surface area contributed by atoms with Crippen molar-refractivity contribution in [2.45, 2.75) is 16.7 Å². The number of benzene rings is 2. The molecule has 0 bridgehead atoms. The SMILES string of the molecule is Cc1nc2cc3oc4c(S(O)(O)O)cc(S(O)(O)O)cc4c3cc2o1. The van der Waals surface area contributed by atoms with Crippen LogP contribution in [0.4, 0.5) is 0 Å². The van der Waals surface area contributed by atoms with E-state index in [0.29, 0.717) is 28.0 Å². The summed E-state index contributed by atoms with van der Waals surface area (Å²) in [5, 5.41) is 0.690. The van der Waals surface area contributed by atoms with Crippen LogP contribution < -0.4 is 0 Å². The maximum atomic E-state index is 9.66. The van der Waals surface area contributed by atoms with E-state index in [1.54, 1.807) is 19.1 Å². The molecule has 0 aliphatic rings. The lowest BCUT2D eigenvalue weighted by Gasteiger charge is -2.24. The average molecular weight is 387 g/mol. The van der Waals surface area contributed by atoms with Gasteiger partial charge in [0.25, 0.3) is 0 Å². The fraction of sp³-hybridized carbons (Fsp3) is 0.0714. The molecule has 0 saturated carbocycles. The highest BCUT2D eigenvalue weighted by atomic mass is 32.3. The molecule has 134 valence electrons. The minimum atomic E-state index is -4.25. The van der Waals surface area contributed by atoms with Gasteiger partial charge in [0, 0.05) is 23.8 Å². The molecule has 0 saturated heterocycles. The van der Waals surface area contributed by atoms with Gasteiger partial charge >= 0.3 is 0 Å². The smallest absolute Gasteiger partial charge is 0.192 e. The van der Waals surface area contributed by atoms with Gasteiger partial charge in [0.15, 0.2) is 17.1 Å². The normalized spacial score (nSPS) is 14.7. The second-order valence-electron chi connectivity index (χ2n) is 5.49. The molecule has 25 heavy (non-hydrogen) atoms. The highest BCUT2D eigenvalue weighted by molar-refractivity contribution is 8.20. The van der Waals surface area contributed by atoms with E-state index in [2.05, 4.69) is 4.98 Å². The Kier molecular flexibility index (Phi) is 3.39. The molecule has 2 aromatic carbocycles. The molecule has 0 radical (unpaired) electrons. The van der Waals surface area contributed by atoms with Crippen molar-refractivity contribution >= 4 is 54.8 Å². The molecule has 11 heteroatoms. The number of furan rings is 1.